The number of halogens is 3. The van der Waals surface area contributed by atoms with Gasteiger partial charge in [-0.3, -0.25) is 4.79 Å². The molecule has 0 aliphatic heterocycles. The first-order chi connectivity index (χ1) is 10.2. The minimum absolute atomic E-state index is 0. The standard InChI is InChI=1S/C16H24F2N2O2.ClH/c1-10(2)8-16(4,9-19)20-15(21)11(3)22-12-5-6-13(17)14(18)7-12;/h5-7,10-11H,8-9,19H2,1-4H3,(H,20,21);1H. The fourth-order valence-electron chi connectivity index (χ4n) is 2.29. The summed E-state index contributed by atoms with van der Waals surface area (Å²) >= 11 is 0. The molecular formula is C16H25ClF2N2O2. The summed E-state index contributed by atoms with van der Waals surface area (Å²) in [5.74, 6) is -1.86. The van der Waals surface area contributed by atoms with Gasteiger partial charge in [0.15, 0.2) is 17.7 Å². The SMILES string of the molecule is CC(C)CC(C)(CN)NC(=O)C(C)Oc1ccc(F)c(F)c1.Cl. The van der Waals surface area contributed by atoms with Gasteiger partial charge >= 0.3 is 0 Å². The van der Waals surface area contributed by atoms with E-state index < -0.39 is 23.3 Å². The summed E-state index contributed by atoms with van der Waals surface area (Å²) in [5.41, 5.74) is 5.22. The van der Waals surface area contributed by atoms with E-state index in [-0.39, 0.29) is 24.1 Å². The lowest BCUT2D eigenvalue weighted by atomic mass is 9.90. The first-order valence-corrected chi connectivity index (χ1v) is 7.30. The Morgan fingerprint density at radius 1 is 1.30 bits per heavy atom. The van der Waals surface area contributed by atoms with Crippen LogP contribution in [0.5, 0.6) is 5.75 Å². The molecule has 1 rings (SSSR count). The van der Waals surface area contributed by atoms with Crippen LogP contribution in [0.1, 0.15) is 34.1 Å². The number of nitrogens with one attached hydrogen (secondary N) is 1. The molecule has 1 aromatic carbocycles. The second-order valence-corrected chi connectivity index (χ2v) is 6.19. The van der Waals surface area contributed by atoms with E-state index >= 15 is 0 Å². The molecule has 23 heavy (non-hydrogen) atoms. The maximum Gasteiger partial charge on any atom is 0.261 e. The maximum absolute atomic E-state index is 13.1. The van der Waals surface area contributed by atoms with Crippen molar-refractivity contribution in [3.8, 4) is 5.75 Å². The number of amides is 1. The zero-order valence-corrected chi connectivity index (χ0v) is 14.7. The van der Waals surface area contributed by atoms with Gasteiger partial charge in [-0.2, -0.15) is 0 Å². The van der Waals surface area contributed by atoms with Crippen LogP contribution in [0.3, 0.4) is 0 Å². The highest BCUT2D eigenvalue weighted by molar-refractivity contribution is 5.85. The Morgan fingerprint density at radius 3 is 2.39 bits per heavy atom. The van der Waals surface area contributed by atoms with Crippen molar-refractivity contribution in [3.05, 3.63) is 29.8 Å². The van der Waals surface area contributed by atoms with Gasteiger partial charge in [0, 0.05) is 18.2 Å². The molecule has 2 unspecified atom stereocenters. The van der Waals surface area contributed by atoms with Gasteiger partial charge in [0.05, 0.1) is 0 Å². The summed E-state index contributed by atoms with van der Waals surface area (Å²) in [4.78, 5) is 12.2. The summed E-state index contributed by atoms with van der Waals surface area (Å²) in [6.07, 6.45) is -0.115. The van der Waals surface area contributed by atoms with E-state index in [1.807, 2.05) is 20.8 Å². The van der Waals surface area contributed by atoms with Crippen molar-refractivity contribution in [2.24, 2.45) is 11.7 Å². The van der Waals surface area contributed by atoms with Crippen molar-refractivity contribution < 1.29 is 18.3 Å². The molecule has 0 radical (unpaired) electrons. The molecule has 0 aliphatic carbocycles. The highest BCUT2D eigenvalue weighted by atomic mass is 35.5. The lowest BCUT2D eigenvalue weighted by molar-refractivity contribution is -0.129. The Labute approximate surface area is 142 Å². The number of carbonyl (C=O) groups excluding carboxylic acids is 1. The van der Waals surface area contributed by atoms with E-state index in [1.165, 1.54) is 6.07 Å². The van der Waals surface area contributed by atoms with Gasteiger partial charge in [-0.15, -0.1) is 12.4 Å². The van der Waals surface area contributed by atoms with Crippen LogP contribution in [0.15, 0.2) is 18.2 Å². The van der Waals surface area contributed by atoms with Crippen LogP contribution in [-0.4, -0.2) is 24.1 Å². The lowest BCUT2D eigenvalue weighted by Gasteiger charge is -2.32. The molecule has 0 heterocycles. The average molecular weight is 351 g/mol. The van der Waals surface area contributed by atoms with Gasteiger partial charge < -0.3 is 15.8 Å². The largest absolute Gasteiger partial charge is 0.481 e. The Balaban J connectivity index is 0.00000484. The first-order valence-electron chi connectivity index (χ1n) is 7.30. The Morgan fingerprint density at radius 2 is 1.91 bits per heavy atom. The third kappa shape index (κ3) is 6.71. The number of nitrogens with two attached hydrogens (primary N) is 1. The average Bonchev–Trinajstić information content (AvgIpc) is 2.41. The Bertz CT molecular complexity index is 529. The predicted octanol–water partition coefficient (Wildman–Crippen LogP) is 3.03. The third-order valence-corrected chi connectivity index (χ3v) is 3.31. The summed E-state index contributed by atoms with van der Waals surface area (Å²) in [6, 6.07) is 3.14. The van der Waals surface area contributed by atoms with Gasteiger partial charge in [-0.1, -0.05) is 13.8 Å². The number of hydrogen-bond donors (Lipinski definition) is 2. The Kier molecular flexibility index (Phi) is 8.48. The van der Waals surface area contributed by atoms with Crippen molar-refractivity contribution in [2.45, 2.75) is 45.8 Å². The minimum Gasteiger partial charge on any atom is -0.481 e. The summed E-state index contributed by atoms with van der Waals surface area (Å²) in [5, 5.41) is 2.86. The van der Waals surface area contributed by atoms with Crippen LogP contribution in [-0.2, 0) is 4.79 Å². The van der Waals surface area contributed by atoms with Gasteiger partial charge in [0.25, 0.3) is 5.91 Å². The molecule has 0 saturated heterocycles. The van der Waals surface area contributed by atoms with Crippen LogP contribution < -0.4 is 15.8 Å². The summed E-state index contributed by atoms with van der Waals surface area (Å²) in [6.45, 7) is 7.80. The molecule has 0 fully saturated rings. The van der Waals surface area contributed by atoms with Gasteiger partial charge in [0.1, 0.15) is 5.75 Å². The van der Waals surface area contributed by atoms with Gasteiger partial charge in [-0.25, -0.2) is 8.78 Å². The van der Waals surface area contributed by atoms with E-state index in [9.17, 15) is 13.6 Å². The molecule has 0 saturated carbocycles. The first kappa shape index (κ1) is 21.6. The van der Waals surface area contributed by atoms with Crippen LogP contribution in [0.4, 0.5) is 8.78 Å². The fraction of sp³-hybridized carbons (Fsp3) is 0.562. The van der Waals surface area contributed by atoms with Crippen molar-refractivity contribution in [3.63, 3.8) is 0 Å². The summed E-state index contributed by atoms with van der Waals surface area (Å²) in [7, 11) is 0. The van der Waals surface area contributed by atoms with E-state index in [0.717, 1.165) is 18.6 Å². The molecule has 1 aromatic rings. The van der Waals surface area contributed by atoms with E-state index in [2.05, 4.69) is 5.32 Å². The van der Waals surface area contributed by atoms with Crippen molar-refractivity contribution >= 4 is 18.3 Å². The normalized spacial score (nSPS) is 14.6. The predicted molar refractivity (Wildman–Crippen MR) is 88.8 cm³/mol. The second-order valence-electron chi connectivity index (χ2n) is 6.19. The van der Waals surface area contributed by atoms with E-state index in [4.69, 9.17) is 10.5 Å². The molecule has 0 aromatic heterocycles. The zero-order valence-electron chi connectivity index (χ0n) is 13.9. The summed E-state index contributed by atoms with van der Waals surface area (Å²) < 4.78 is 31.3. The quantitative estimate of drug-likeness (QED) is 0.794. The maximum atomic E-state index is 13.1. The molecule has 2 atom stereocenters. The monoisotopic (exact) mass is 350 g/mol. The van der Waals surface area contributed by atoms with Crippen LogP contribution in [0, 0.1) is 17.6 Å². The van der Waals surface area contributed by atoms with Crippen LogP contribution in [0.2, 0.25) is 0 Å². The zero-order chi connectivity index (χ0) is 16.9. The molecule has 1 amide bonds. The number of rotatable bonds is 7. The van der Waals surface area contributed by atoms with Crippen molar-refractivity contribution in [1.82, 2.24) is 5.32 Å². The minimum atomic E-state index is -1.02. The fourth-order valence-corrected chi connectivity index (χ4v) is 2.29. The third-order valence-electron chi connectivity index (χ3n) is 3.31. The van der Waals surface area contributed by atoms with Gasteiger partial charge in [-0.05, 0) is 38.3 Å². The van der Waals surface area contributed by atoms with Crippen LogP contribution >= 0.6 is 12.4 Å². The highest BCUT2D eigenvalue weighted by Gasteiger charge is 2.28. The number of carbonyl (C=O) groups is 1. The Hall–Kier alpha value is -1.40. The molecule has 0 spiro atoms. The molecule has 3 N–H and O–H groups in total. The molecular weight excluding hydrogens is 326 g/mol. The highest BCUT2D eigenvalue weighted by Crippen LogP contribution is 2.18. The second kappa shape index (κ2) is 9.03. The molecule has 4 nitrogen and oxygen atoms in total. The number of benzene rings is 1. The number of ether oxygens (including phenoxy) is 1. The molecule has 132 valence electrons. The number of hydrogen-bond acceptors (Lipinski definition) is 3. The molecule has 0 bridgehead atoms. The topological polar surface area (TPSA) is 64.3 Å². The van der Waals surface area contributed by atoms with E-state index in [0.29, 0.717) is 12.5 Å². The van der Waals surface area contributed by atoms with E-state index in [1.54, 1.807) is 6.92 Å². The smallest absolute Gasteiger partial charge is 0.261 e. The van der Waals surface area contributed by atoms with Crippen molar-refractivity contribution in [1.29, 1.82) is 0 Å². The molecule has 7 heteroatoms. The lowest BCUT2D eigenvalue weighted by Crippen LogP contribution is -2.55. The van der Waals surface area contributed by atoms with Gasteiger partial charge in [0.2, 0.25) is 0 Å². The van der Waals surface area contributed by atoms with Crippen LogP contribution in [0.25, 0.3) is 0 Å². The molecule has 0 aliphatic rings. The van der Waals surface area contributed by atoms with Crippen molar-refractivity contribution in [2.75, 3.05) is 6.54 Å².